The lowest BCUT2D eigenvalue weighted by molar-refractivity contribution is -0.539. The molecule has 0 aromatic rings. The Morgan fingerprint density at radius 3 is 1.00 bits per heavy atom. The Bertz CT molecular complexity index is 323. The summed E-state index contributed by atoms with van der Waals surface area (Å²) in [5.41, 5.74) is 0. The van der Waals surface area contributed by atoms with Gasteiger partial charge in [-0.15, -0.1) is 0 Å². The van der Waals surface area contributed by atoms with Crippen LogP contribution in [0.2, 0.25) is 0 Å². The highest BCUT2D eigenvalue weighted by Crippen LogP contribution is 2.10. The van der Waals surface area contributed by atoms with Gasteiger partial charge in [0.05, 0.1) is 39.3 Å². The Balaban J connectivity index is 0. The Morgan fingerprint density at radius 1 is 0.483 bits per heavy atom. The van der Waals surface area contributed by atoms with Gasteiger partial charge in [-0.3, -0.25) is 14.4 Å². The second-order valence-electron chi connectivity index (χ2n) is 8.38. The number of guanidine groups is 1. The predicted molar refractivity (Wildman–Crippen MR) is 128 cm³/mol. The molecule has 0 spiro atoms. The van der Waals surface area contributed by atoms with Gasteiger partial charge in [0.25, 0.3) is 0 Å². The summed E-state index contributed by atoms with van der Waals surface area (Å²) in [5, 5.41) is 0. The van der Waals surface area contributed by atoms with Crippen LogP contribution in [0.15, 0.2) is 0 Å². The highest BCUT2D eigenvalue weighted by atomic mass is 35.5. The molecule has 0 aliphatic carbocycles. The number of halogens is 1. The number of hydrogen-bond acceptors (Lipinski definition) is 0. The molecule has 0 bridgehead atoms. The van der Waals surface area contributed by atoms with Gasteiger partial charge >= 0.3 is 5.96 Å². The Hall–Kier alpha value is -0.440. The summed E-state index contributed by atoms with van der Waals surface area (Å²) in [5.74, 6) is 1.57. The highest BCUT2D eigenvalue weighted by molar-refractivity contribution is 5.75. The van der Waals surface area contributed by atoms with E-state index in [0.717, 1.165) is 0 Å². The molecule has 0 fully saturated rings. The predicted octanol–water partition coefficient (Wildman–Crippen LogP) is 3.76. The van der Waals surface area contributed by atoms with Crippen molar-refractivity contribution in [2.75, 3.05) is 39.3 Å². The summed E-state index contributed by atoms with van der Waals surface area (Å²) in [6.07, 6.45) is 15.5. The second-order valence-corrected chi connectivity index (χ2v) is 8.38. The van der Waals surface area contributed by atoms with Crippen LogP contribution in [0.3, 0.4) is 0 Å². The first-order valence-electron chi connectivity index (χ1n) is 12.8. The van der Waals surface area contributed by atoms with Crippen LogP contribution in [0.4, 0.5) is 0 Å². The lowest BCUT2D eigenvalue weighted by atomic mass is 10.2. The van der Waals surface area contributed by atoms with E-state index in [4.69, 9.17) is 0 Å². The summed E-state index contributed by atoms with van der Waals surface area (Å²) < 4.78 is 2.77. The van der Waals surface area contributed by atoms with Gasteiger partial charge in [-0.2, -0.15) is 0 Å². The minimum absolute atomic E-state index is 0. The smallest absolute Gasteiger partial charge is 0.350 e. The molecular weight excluding hydrogens is 378 g/mol. The quantitative estimate of drug-likeness (QED) is 0.185. The van der Waals surface area contributed by atoms with Gasteiger partial charge in [-0.1, -0.05) is 80.1 Å². The molecule has 0 atom stereocenters. The van der Waals surface area contributed by atoms with E-state index < -0.39 is 0 Å². The van der Waals surface area contributed by atoms with Crippen LogP contribution in [0, 0.1) is 0 Å². The van der Waals surface area contributed by atoms with Crippen molar-refractivity contribution >= 4 is 5.96 Å². The van der Waals surface area contributed by atoms with Crippen LogP contribution >= 0.6 is 0 Å². The van der Waals surface area contributed by atoms with E-state index in [2.05, 4.69) is 55.9 Å². The maximum absolute atomic E-state index is 2.77. The van der Waals surface area contributed by atoms with E-state index >= 15 is 0 Å². The van der Waals surface area contributed by atoms with Crippen LogP contribution in [0.5, 0.6) is 0 Å². The Kier molecular flexibility index (Phi) is 23.6. The summed E-state index contributed by atoms with van der Waals surface area (Å²) in [4.78, 5) is 5.54. The minimum Gasteiger partial charge on any atom is -1.00 e. The van der Waals surface area contributed by atoms with Crippen molar-refractivity contribution < 1.29 is 17.0 Å². The fraction of sp³-hybridized carbons (Fsp3) is 0.960. The summed E-state index contributed by atoms with van der Waals surface area (Å²) in [6.45, 7) is 21.3. The van der Waals surface area contributed by atoms with E-state index in [1.807, 2.05) is 0 Å². The van der Waals surface area contributed by atoms with Crippen molar-refractivity contribution in [3.05, 3.63) is 0 Å². The van der Waals surface area contributed by atoms with Gasteiger partial charge < -0.3 is 12.4 Å². The maximum atomic E-state index is 2.77. The third-order valence-corrected chi connectivity index (χ3v) is 5.54. The van der Waals surface area contributed by atoms with Crippen molar-refractivity contribution in [3.8, 4) is 0 Å². The van der Waals surface area contributed by atoms with Crippen molar-refractivity contribution in [1.82, 2.24) is 9.80 Å². The number of hydrogen-bond donors (Lipinski definition) is 0. The molecule has 0 aliphatic rings. The molecule has 4 heteroatoms. The first-order chi connectivity index (χ1) is 13.7. The topological polar surface area (TPSA) is 9.49 Å². The lowest BCUT2D eigenvalue weighted by Crippen LogP contribution is -3.00. The molecule has 0 radical (unpaired) electrons. The molecule has 0 saturated heterocycles. The molecule has 0 amide bonds. The maximum Gasteiger partial charge on any atom is 0.350 e. The molecule has 0 aromatic carbocycles. The first kappa shape index (κ1) is 30.8. The SMILES string of the molecule is CCCCN(CCCC)C(N(CCCC)CCCC)=[N+](CCCC)CCCC.[Cl-]. The summed E-state index contributed by atoms with van der Waals surface area (Å²) >= 11 is 0. The van der Waals surface area contributed by atoms with Crippen LogP contribution in [-0.4, -0.2) is 59.6 Å². The van der Waals surface area contributed by atoms with Gasteiger partial charge in [0.15, 0.2) is 0 Å². The van der Waals surface area contributed by atoms with Crippen LogP contribution < -0.4 is 12.4 Å². The molecule has 0 N–H and O–H groups in total. The van der Waals surface area contributed by atoms with Crippen LogP contribution in [-0.2, 0) is 0 Å². The van der Waals surface area contributed by atoms with E-state index in [9.17, 15) is 0 Å². The fourth-order valence-corrected chi connectivity index (χ4v) is 3.63. The minimum atomic E-state index is 0. The third kappa shape index (κ3) is 14.2. The van der Waals surface area contributed by atoms with Gasteiger partial charge in [-0.25, -0.2) is 0 Å². The van der Waals surface area contributed by atoms with Crippen molar-refractivity contribution in [2.45, 2.75) is 119 Å². The van der Waals surface area contributed by atoms with Crippen LogP contribution in [0.1, 0.15) is 119 Å². The average molecular weight is 432 g/mol. The molecular formula is C25H54ClN3. The third-order valence-electron chi connectivity index (χ3n) is 5.54. The number of rotatable bonds is 18. The van der Waals surface area contributed by atoms with Crippen molar-refractivity contribution in [3.63, 3.8) is 0 Å². The normalized spacial score (nSPS) is 10.6. The van der Waals surface area contributed by atoms with Crippen molar-refractivity contribution in [1.29, 1.82) is 0 Å². The van der Waals surface area contributed by atoms with E-state index in [1.54, 1.807) is 5.96 Å². The molecule has 0 rings (SSSR count). The fourth-order valence-electron chi connectivity index (χ4n) is 3.63. The van der Waals surface area contributed by atoms with Crippen LogP contribution in [0.25, 0.3) is 0 Å². The highest BCUT2D eigenvalue weighted by Gasteiger charge is 2.28. The zero-order valence-electron chi connectivity index (χ0n) is 20.9. The van der Waals surface area contributed by atoms with E-state index in [1.165, 1.54) is 116 Å². The monoisotopic (exact) mass is 431 g/mol. The molecule has 0 aromatic heterocycles. The first-order valence-corrected chi connectivity index (χ1v) is 12.8. The molecule has 0 aliphatic heterocycles. The average Bonchev–Trinajstić information content (AvgIpc) is 2.72. The summed E-state index contributed by atoms with van der Waals surface area (Å²) in [6, 6.07) is 0. The van der Waals surface area contributed by atoms with Gasteiger partial charge in [0.1, 0.15) is 0 Å². The largest absolute Gasteiger partial charge is 1.00 e. The number of unbranched alkanes of at least 4 members (excludes halogenated alkanes) is 6. The molecule has 0 saturated carbocycles. The molecule has 0 heterocycles. The van der Waals surface area contributed by atoms with Gasteiger partial charge in [0, 0.05) is 0 Å². The lowest BCUT2D eigenvalue weighted by Gasteiger charge is -2.31. The van der Waals surface area contributed by atoms with Gasteiger partial charge in [-0.05, 0) is 38.5 Å². The van der Waals surface area contributed by atoms with E-state index in [0.29, 0.717) is 0 Å². The van der Waals surface area contributed by atoms with E-state index in [-0.39, 0.29) is 12.4 Å². The second kappa shape index (κ2) is 22.2. The zero-order valence-corrected chi connectivity index (χ0v) is 21.7. The molecule has 3 nitrogen and oxygen atoms in total. The van der Waals surface area contributed by atoms with Gasteiger partial charge in [0.2, 0.25) is 0 Å². The zero-order chi connectivity index (χ0) is 21.0. The molecule has 176 valence electrons. The standard InChI is InChI=1S/C25H54N3.ClH/c1-7-13-19-26(20-14-8-2)25(27(21-15-9-3)22-16-10-4)28(23-17-11-5)24-18-12-6;/h7-24H2,1-6H3;1H/q+1;/p-1. The summed E-state index contributed by atoms with van der Waals surface area (Å²) in [7, 11) is 0. The Morgan fingerprint density at radius 2 is 0.759 bits per heavy atom. The molecule has 0 unspecified atom stereocenters. The number of nitrogens with zero attached hydrogens (tertiary/aromatic N) is 3. The Labute approximate surface area is 190 Å². The van der Waals surface area contributed by atoms with Crippen molar-refractivity contribution in [2.24, 2.45) is 0 Å². The molecule has 29 heavy (non-hydrogen) atoms.